The Kier molecular flexibility index (Phi) is 3.70. The van der Waals surface area contributed by atoms with E-state index in [1.54, 1.807) is 19.1 Å². The Balaban J connectivity index is 3.00. The Morgan fingerprint density at radius 1 is 1.29 bits per heavy atom. The minimum atomic E-state index is -0.708. The molecule has 0 aliphatic carbocycles. The average molecular weight is 345 g/mol. The van der Waals surface area contributed by atoms with Gasteiger partial charge in [0.05, 0.1) is 0 Å². The lowest BCUT2D eigenvalue weighted by Gasteiger charge is -2.12. The zero-order valence-corrected chi connectivity index (χ0v) is 12.4. The van der Waals surface area contributed by atoms with Crippen molar-refractivity contribution in [2.45, 2.75) is 6.92 Å². The number of pyridine rings is 1. The molecule has 1 aromatic carbocycles. The second kappa shape index (κ2) is 5.31. The number of aromatic amines is 1. The number of phenols is 1. The van der Waals surface area contributed by atoms with Crippen LogP contribution in [0.1, 0.15) is 16.7 Å². The van der Waals surface area contributed by atoms with Gasteiger partial charge in [0.1, 0.15) is 34.8 Å². The fraction of sp³-hybridized carbons (Fsp3) is 0.0714. The predicted octanol–water partition coefficient (Wildman–Crippen LogP) is 2.14. The van der Waals surface area contributed by atoms with Crippen molar-refractivity contribution in [3.8, 4) is 29.0 Å². The van der Waals surface area contributed by atoms with E-state index in [-0.39, 0.29) is 33.8 Å². The van der Waals surface area contributed by atoms with E-state index in [1.807, 2.05) is 6.07 Å². The second-order valence-corrected chi connectivity index (χ2v) is 5.19. The van der Waals surface area contributed by atoms with Gasteiger partial charge in [-0.25, -0.2) is 0 Å². The number of nitrogens with two attached hydrogens (primary N) is 1. The number of halogens is 1. The number of benzene rings is 1. The number of hydrogen-bond acceptors (Lipinski definition) is 5. The van der Waals surface area contributed by atoms with Gasteiger partial charge in [0.15, 0.2) is 0 Å². The summed E-state index contributed by atoms with van der Waals surface area (Å²) < 4.78 is 0.668. The van der Waals surface area contributed by atoms with Crippen molar-refractivity contribution in [3.05, 3.63) is 43.6 Å². The highest BCUT2D eigenvalue weighted by molar-refractivity contribution is 9.10. The van der Waals surface area contributed by atoms with Crippen LogP contribution in [0.2, 0.25) is 0 Å². The van der Waals surface area contributed by atoms with Crippen LogP contribution in [0.25, 0.3) is 11.1 Å². The summed E-state index contributed by atoms with van der Waals surface area (Å²) in [5.41, 5.74) is 5.58. The van der Waals surface area contributed by atoms with E-state index in [9.17, 15) is 20.4 Å². The quantitative estimate of drug-likeness (QED) is 0.730. The maximum Gasteiger partial charge on any atom is 0.268 e. The largest absolute Gasteiger partial charge is 0.507 e. The second-order valence-electron chi connectivity index (χ2n) is 4.33. The van der Waals surface area contributed by atoms with Crippen molar-refractivity contribution < 1.29 is 5.11 Å². The zero-order chi connectivity index (χ0) is 15.7. The Hall–Kier alpha value is -2.77. The van der Waals surface area contributed by atoms with E-state index in [1.165, 1.54) is 6.07 Å². The van der Waals surface area contributed by atoms with Gasteiger partial charge in [0.25, 0.3) is 5.56 Å². The van der Waals surface area contributed by atoms with Gasteiger partial charge in [-0.3, -0.25) is 4.79 Å². The topological polar surface area (TPSA) is 127 Å². The maximum atomic E-state index is 11.8. The Labute approximate surface area is 128 Å². The lowest BCUT2D eigenvalue weighted by Crippen LogP contribution is -2.16. The van der Waals surface area contributed by atoms with Gasteiger partial charge in [-0.15, -0.1) is 0 Å². The van der Waals surface area contributed by atoms with Gasteiger partial charge in [-0.2, -0.15) is 10.5 Å². The lowest BCUT2D eigenvalue weighted by atomic mass is 9.95. The average Bonchev–Trinajstić information content (AvgIpc) is 2.42. The van der Waals surface area contributed by atoms with Crippen molar-refractivity contribution in [3.63, 3.8) is 0 Å². The molecule has 0 atom stereocenters. The maximum absolute atomic E-state index is 11.8. The molecule has 0 saturated carbocycles. The number of rotatable bonds is 1. The standard InChI is InChI=1S/C14H9BrN4O2/c1-6-2-11(20)7(3-10(6)15)12-8(4-16)13(18)19-14(21)9(12)5-17/h2-3,20H,1H3,(H3,18,19,21). The summed E-state index contributed by atoms with van der Waals surface area (Å²) in [7, 11) is 0. The number of nitrogens with zero attached hydrogens (tertiary/aromatic N) is 2. The number of anilines is 1. The van der Waals surface area contributed by atoms with Gasteiger partial charge in [0, 0.05) is 15.6 Å². The molecule has 0 saturated heterocycles. The Morgan fingerprint density at radius 2 is 1.90 bits per heavy atom. The number of hydrogen-bond donors (Lipinski definition) is 3. The number of phenolic OH excluding ortho intramolecular Hbond substituents is 1. The molecule has 1 heterocycles. The summed E-state index contributed by atoms with van der Waals surface area (Å²) in [6, 6.07) is 6.62. The molecule has 2 aromatic rings. The Bertz CT molecular complexity index is 888. The van der Waals surface area contributed by atoms with E-state index in [0.29, 0.717) is 4.47 Å². The van der Waals surface area contributed by atoms with E-state index in [2.05, 4.69) is 20.9 Å². The number of aromatic nitrogens is 1. The third-order valence-corrected chi connectivity index (χ3v) is 3.87. The smallest absolute Gasteiger partial charge is 0.268 e. The molecule has 7 heteroatoms. The highest BCUT2D eigenvalue weighted by atomic mass is 79.9. The number of nitrogens with one attached hydrogen (secondary N) is 1. The first kappa shape index (κ1) is 14.6. The first-order valence-corrected chi connectivity index (χ1v) is 6.55. The van der Waals surface area contributed by atoms with Crippen molar-refractivity contribution in [1.82, 2.24) is 4.98 Å². The molecule has 2 rings (SSSR count). The van der Waals surface area contributed by atoms with Gasteiger partial charge in [0.2, 0.25) is 0 Å². The fourth-order valence-electron chi connectivity index (χ4n) is 1.98. The summed E-state index contributed by atoms with van der Waals surface area (Å²) in [5.74, 6) is -0.290. The number of aryl methyl sites for hydroxylation is 1. The van der Waals surface area contributed by atoms with Crippen molar-refractivity contribution in [1.29, 1.82) is 10.5 Å². The van der Waals surface area contributed by atoms with Gasteiger partial charge < -0.3 is 15.8 Å². The summed E-state index contributed by atoms with van der Waals surface area (Å²) in [6.45, 7) is 1.77. The highest BCUT2D eigenvalue weighted by Gasteiger charge is 2.21. The number of nitrogen functional groups attached to an aromatic ring is 1. The SMILES string of the molecule is Cc1cc(O)c(-c2c(C#N)c(N)[nH]c(=O)c2C#N)cc1Br. The first-order valence-electron chi connectivity index (χ1n) is 5.76. The van der Waals surface area contributed by atoms with E-state index in [0.717, 1.165) is 5.56 Å². The number of aromatic hydroxyl groups is 1. The van der Waals surface area contributed by atoms with Crippen LogP contribution in [0.15, 0.2) is 21.4 Å². The van der Waals surface area contributed by atoms with Crippen LogP contribution in [-0.4, -0.2) is 10.1 Å². The van der Waals surface area contributed by atoms with Crippen LogP contribution >= 0.6 is 15.9 Å². The molecule has 0 bridgehead atoms. The highest BCUT2D eigenvalue weighted by Crippen LogP contribution is 2.37. The molecular weight excluding hydrogens is 336 g/mol. The molecule has 0 unspecified atom stereocenters. The summed E-state index contributed by atoms with van der Waals surface area (Å²) in [6.07, 6.45) is 0. The minimum Gasteiger partial charge on any atom is -0.507 e. The normalized spacial score (nSPS) is 9.90. The van der Waals surface area contributed by atoms with E-state index >= 15 is 0 Å². The van der Waals surface area contributed by atoms with Crippen molar-refractivity contribution in [2.75, 3.05) is 5.73 Å². The Morgan fingerprint density at radius 3 is 2.48 bits per heavy atom. The molecule has 0 amide bonds. The molecule has 0 spiro atoms. The van der Waals surface area contributed by atoms with Crippen molar-refractivity contribution >= 4 is 21.7 Å². The van der Waals surface area contributed by atoms with Crippen LogP contribution < -0.4 is 11.3 Å². The molecule has 4 N–H and O–H groups in total. The van der Waals surface area contributed by atoms with Gasteiger partial charge in [-0.1, -0.05) is 15.9 Å². The fourth-order valence-corrected chi connectivity index (χ4v) is 2.32. The molecule has 104 valence electrons. The monoisotopic (exact) mass is 344 g/mol. The molecule has 0 fully saturated rings. The van der Waals surface area contributed by atoms with Crippen LogP contribution in [0.5, 0.6) is 5.75 Å². The minimum absolute atomic E-state index is 0.0273. The number of nitriles is 2. The third kappa shape index (κ3) is 2.35. The van der Waals surface area contributed by atoms with Crippen LogP contribution in [0.4, 0.5) is 5.82 Å². The van der Waals surface area contributed by atoms with Gasteiger partial charge >= 0.3 is 0 Å². The lowest BCUT2D eigenvalue weighted by molar-refractivity contribution is 0.476. The summed E-state index contributed by atoms with van der Waals surface area (Å²) in [4.78, 5) is 14.1. The first-order chi connectivity index (χ1) is 9.90. The molecule has 0 aliphatic heterocycles. The number of H-pyrrole nitrogens is 1. The third-order valence-electron chi connectivity index (χ3n) is 3.01. The zero-order valence-electron chi connectivity index (χ0n) is 10.9. The van der Waals surface area contributed by atoms with E-state index in [4.69, 9.17) is 5.73 Å². The molecular formula is C14H9BrN4O2. The molecule has 21 heavy (non-hydrogen) atoms. The summed E-state index contributed by atoms with van der Waals surface area (Å²) >= 11 is 3.31. The van der Waals surface area contributed by atoms with Crippen LogP contribution in [0, 0.1) is 29.6 Å². The van der Waals surface area contributed by atoms with Crippen LogP contribution in [0.3, 0.4) is 0 Å². The molecule has 1 aromatic heterocycles. The molecule has 0 radical (unpaired) electrons. The van der Waals surface area contributed by atoms with Gasteiger partial charge in [-0.05, 0) is 24.6 Å². The predicted molar refractivity (Wildman–Crippen MR) is 80.4 cm³/mol. The van der Waals surface area contributed by atoms with E-state index < -0.39 is 5.56 Å². The van der Waals surface area contributed by atoms with Crippen molar-refractivity contribution in [2.24, 2.45) is 0 Å². The molecule has 0 aliphatic rings. The summed E-state index contributed by atoms with van der Waals surface area (Å²) in [5, 5.41) is 28.5. The molecule has 6 nitrogen and oxygen atoms in total. The van der Waals surface area contributed by atoms with Crippen LogP contribution in [-0.2, 0) is 0 Å².